The van der Waals surface area contributed by atoms with Gasteiger partial charge in [-0.1, -0.05) is 0 Å². The Labute approximate surface area is 120 Å². The van der Waals surface area contributed by atoms with Gasteiger partial charge in [0.05, 0.1) is 23.1 Å². The van der Waals surface area contributed by atoms with Crippen molar-refractivity contribution in [1.82, 2.24) is 0 Å². The lowest BCUT2D eigenvalue weighted by Crippen LogP contribution is -2.29. The number of hydrogen-bond donors (Lipinski definition) is 2. The number of nitrogens with zero attached hydrogens (tertiary/aromatic N) is 1. The Kier molecular flexibility index (Phi) is 4.85. The number of carboxylic acids is 1. The number of rotatable bonds is 6. The van der Waals surface area contributed by atoms with E-state index < -0.39 is 22.2 Å². The Hall–Kier alpha value is -2.64. The number of hydrogen-bond acceptors (Lipinski definition) is 5. The molecule has 0 aliphatic rings. The summed E-state index contributed by atoms with van der Waals surface area (Å²) in [6.45, 7) is 2.83. The first kappa shape index (κ1) is 16.4. The third kappa shape index (κ3) is 4.16. The van der Waals surface area contributed by atoms with Crippen molar-refractivity contribution in [2.24, 2.45) is 5.41 Å². The van der Waals surface area contributed by atoms with Gasteiger partial charge in [0.1, 0.15) is 5.75 Å². The molecule has 0 aliphatic heterocycles. The van der Waals surface area contributed by atoms with E-state index in [2.05, 4.69) is 5.32 Å². The van der Waals surface area contributed by atoms with Crippen molar-refractivity contribution in [2.45, 2.75) is 20.3 Å². The summed E-state index contributed by atoms with van der Waals surface area (Å²) in [4.78, 5) is 33.0. The maximum absolute atomic E-state index is 11.9. The predicted molar refractivity (Wildman–Crippen MR) is 74.3 cm³/mol. The van der Waals surface area contributed by atoms with Crippen LogP contribution in [0.3, 0.4) is 0 Å². The van der Waals surface area contributed by atoms with E-state index >= 15 is 0 Å². The van der Waals surface area contributed by atoms with E-state index in [-0.39, 0.29) is 23.5 Å². The molecule has 114 valence electrons. The predicted octanol–water partition coefficient (Wildman–Crippen LogP) is 2.04. The van der Waals surface area contributed by atoms with E-state index in [9.17, 15) is 19.7 Å². The molecule has 1 aromatic carbocycles. The van der Waals surface area contributed by atoms with Gasteiger partial charge in [-0.05, 0) is 19.9 Å². The summed E-state index contributed by atoms with van der Waals surface area (Å²) in [5.41, 5.74) is -1.32. The van der Waals surface area contributed by atoms with Crippen LogP contribution in [0.15, 0.2) is 18.2 Å². The lowest BCUT2D eigenvalue weighted by Gasteiger charge is -2.18. The first-order chi connectivity index (χ1) is 9.67. The number of methoxy groups -OCH3 is 1. The van der Waals surface area contributed by atoms with Crippen LogP contribution in [-0.2, 0) is 9.59 Å². The molecular formula is C13H16N2O6. The van der Waals surface area contributed by atoms with Gasteiger partial charge in [0, 0.05) is 18.6 Å². The molecule has 1 aromatic rings. The highest BCUT2D eigenvalue weighted by molar-refractivity contribution is 5.95. The molecule has 0 heterocycles. The van der Waals surface area contributed by atoms with Gasteiger partial charge >= 0.3 is 5.97 Å². The zero-order valence-corrected chi connectivity index (χ0v) is 11.9. The van der Waals surface area contributed by atoms with Crippen molar-refractivity contribution in [1.29, 1.82) is 0 Å². The topological polar surface area (TPSA) is 119 Å². The average molecular weight is 296 g/mol. The molecule has 1 rings (SSSR count). The molecule has 2 N–H and O–H groups in total. The summed E-state index contributed by atoms with van der Waals surface area (Å²) >= 11 is 0. The molecular weight excluding hydrogens is 280 g/mol. The molecule has 0 aliphatic carbocycles. The minimum Gasteiger partial charge on any atom is -0.495 e. The zero-order valence-electron chi connectivity index (χ0n) is 11.9. The van der Waals surface area contributed by atoms with E-state index in [1.165, 1.54) is 33.1 Å². The van der Waals surface area contributed by atoms with E-state index in [0.29, 0.717) is 0 Å². The van der Waals surface area contributed by atoms with Crippen LogP contribution in [0, 0.1) is 15.5 Å². The largest absolute Gasteiger partial charge is 0.495 e. The lowest BCUT2D eigenvalue weighted by atomic mass is 9.89. The summed E-state index contributed by atoms with van der Waals surface area (Å²) in [6.07, 6.45) is -0.270. The number of nitrogens with one attached hydrogen (secondary N) is 1. The first-order valence-corrected chi connectivity index (χ1v) is 6.03. The van der Waals surface area contributed by atoms with Gasteiger partial charge in [0.2, 0.25) is 5.91 Å². The second kappa shape index (κ2) is 6.21. The Morgan fingerprint density at radius 2 is 2.05 bits per heavy atom. The van der Waals surface area contributed by atoms with Gasteiger partial charge < -0.3 is 15.2 Å². The fraction of sp³-hybridized carbons (Fsp3) is 0.385. The summed E-state index contributed by atoms with van der Waals surface area (Å²) in [5.74, 6) is -1.42. The van der Waals surface area contributed by atoms with Crippen molar-refractivity contribution >= 4 is 23.3 Å². The van der Waals surface area contributed by atoms with Crippen LogP contribution in [0.25, 0.3) is 0 Å². The van der Waals surface area contributed by atoms with Gasteiger partial charge in [-0.25, -0.2) is 0 Å². The number of carbonyl (C=O) groups is 2. The molecule has 0 saturated carbocycles. The van der Waals surface area contributed by atoms with Gasteiger partial charge in [-0.15, -0.1) is 0 Å². The third-order valence-corrected chi connectivity index (χ3v) is 2.85. The van der Waals surface area contributed by atoms with Crippen molar-refractivity contribution in [2.75, 3.05) is 12.4 Å². The molecule has 0 fully saturated rings. The highest BCUT2D eigenvalue weighted by Crippen LogP contribution is 2.30. The maximum atomic E-state index is 11.9. The number of carboxylic acid groups (broad SMARTS) is 1. The summed E-state index contributed by atoms with van der Waals surface area (Å²) in [7, 11) is 1.36. The highest BCUT2D eigenvalue weighted by atomic mass is 16.6. The number of amides is 1. The number of benzene rings is 1. The molecule has 8 nitrogen and oxygen atoms in total. The highest BCUT2D eigenvalue weighted by Gasteiger charge is 2.30. The number of ether oxygens (including phenoxy) is 1. The fourth-order valence-corrected chi connectivity index (χ4v) is 1.58. The minimum absolute atomic E-state index is 0.123. The molecule has 0 bridgehead atoms. The quantitative estimate of drug-likeness (QED) is 0.612. The summed E-state index contributed by atoms with van der Waals surface area (Å²) in [6, 6.07) is 3.76. The van der Waals surface area contributed by atoms with Crippen molar-refractivity contribution < 1.29 is 24.4 Å². The molecule has 0 radical (unpaired) electrons. The molecule has 8 heteroatoms. The Morgan fingerprint density at radius 3 is 2.52 bits per heavy atom. The monoisotopic (exact) mass is 296 g/mol. The molecule has 0 saturated heterocycles. The number of non-ortho nitro benzene ring substituents is 1. The van der Waals surface area contributed by atoms with Crippen LogP contribution >= 0.6 is 0 Å². The maximum Gasteiger partial charge on any atom is 0.309 e. The van der Waals surface area contributed by atoms with Gasteiger partial charge in [0.15, 0.2) is 0 Å². The van der Waals surface area contributed by atoms with Gasteiger partial charge in [-0.3, -0.25) is 19.7 Å². The number of nitro groups is 1. The fourth-order valence-electron chi connectivity index (χ4n) is 1.58. The van der Waals surface area contributed by atoms with Gasteiger partial charge in [-0.2, -0.15) is 0 Å². The molecule has 1 amide bonds. The van der Waals surface area contributed by atoms with Crippen LogP contribution in [-0.4, -0.2) is 29.0 Å². The minimum atomic E-state index is -1.24. The van der Waals surface area contributed by atoms with E-state index in [1.807, 2.05) is 0 Å². The van der Waals surface area contributed by atoms with E-state index in [1.54, 1.807) is 0 Å². The SMILES string of the molecule is COc1ccc([N+](=O)[O-])cc1NC(=O)CC(C)(C)C(=O)O. The Bertz CT molecular complexity index is 582. The number of nitro benzene ring substituents is 1. The molecule has 0 aromatic heterocycles. The number of aliphatic carboxylic acids is 1. The summed E-state index contributed by atoms with van der Waals surface area (Å²) in [5, 5.41) is 22.1. The number of carbonyl (C=O) groups excluding carboxylic acids is 1. The van der Waals surface area contributed by atoms with Crippen LogP contribution in [0.4, 0.5) is 11.4 Å². The average Bonchev–Trinajstić information content (AvgIpc) is 2.37. The van der Waals surface area contributed by atoms with Crippen LogP contribution in [0.1, 0.15) is 20.3 Å². The zero-order chi connectivity index (χ0) is 16.2. The third-order valence-electron chi connectivity index (χ3n) is 2.85. The Morgan fingerprint density at radius 1 is 1.43 bits per heavy atom. The second-order valence-corrected chi connectivity index (χ2v) is 5.06. The van der Waals surface area contributed by atoms with Crippen LogP contribution < -0.4 is 10.1 Å². The van der Waals surface area contributed by atoms with Crippen LogP contribution in [0.2, 0.25) is 0 Å². The molecule has 0 atom stereocenters. The molecule has 0 unspecified atom stereocenters. The normalized spacial score (nSPS) is 10.8. The van der Waals surface area contributed by atoms with Crippen molar-refractivity contribution in [3.63, 3.8) is 0 Å². The number of anilines is 1. The lowest BCUT2D eigenvalue weighted by molar-refractivity contribution is -0.384. The second-order valence-electron chi connectivity index (χ2n) is 5.06. The van der Waals surface area contributed by atoms with Crippen LogP contribution in [0.5, 0.6) is 5.75 Å². The molecule has 0 spiro atoms. The first-order valence-electron chi connectivity index (χ1n) is 6.03. The smallest absolute Gasteiger partial charge is 0.309 e. The standard InChI is InChI=1S/C13H16N2O6/c1-13(2,12(17)18)7-11(16)14-9-6-8(15(19)20)4-5-10(9)21-3/h4-6H,7H2,1-3H3,(H,14,16)(H,17,18). The van der Waals surface area contributed by atoms with Gasteiger partial charge in [0.25, 0.3) is 5.69 Å². The van der Waals surface area contributed by atoms with E-state index in [0.717, 1.165) is 6.07 Å². The van der Waals surface area contributed by atoms with Crippen molar-refractivity contribution in [3.05, 3.63) is 28.3 Å². The van der Waals surface area contributed by atoms with Crippen molar-refractivity contribution in [3.8, 4) is 5.75 Å². The summed E-state index contributed by atoms with van der Waals surface area (Å²) < 4.78 is 5.00. The Balaban J connectivity index is 2.96. The molecule has 21 heavy (non-hydrogen) atoms. The van der Waals surface area contributed by atoms with E-state index in [4.69, 9.17) is 9.84 Å².